The molecule has 2 aliphatic rings. The Morgan fingerprint density at radius 3 is 2.45 bits per heavy atom. The van der Waals surface area contributed by atoms with Crippen LogP contribution in [0.2, 0.25) is 0 Å². The van der Waals surface area contributed by atoms with Crippen molar-refractivity contribution < 1.29 is 42.9 Å². The Morgan fingerprint density at radius 1 is 1.00 bits per heavy atom. The van der Waals surface area contributed by atoms with E-state index in [0.29, 0.717) is 29.3 Å². The molecule has 1 aromatic carbocycles. The Bertz CT molecular complexity index is 1480. The highest BCUT2D eigenvalue weighted by atomic mass is 32.1. The largest absolute Gasteiger partial charge is 0.491 e. The normalized spacial score (nSPS) is 17.4. The second kappa shape index (κ2) is 19.5. The SMILES string of the molecule is C.COC(=O)CCOCCOc1cccc(C(=O)c2csc([C@@H]3CCCN3C(=O)[C@@H](NC(=O)[C@H](C)NC(=O)OC(C)(C)C)C3CCCCC3)n2)c1. The van der Waals surface area contributed by atoms with Crippen LogP contribution in [0.1, 0.15) is 114 Å². The number of carbonyl (C=O) groups excluding carboxylic acids is 5. The molecule has 13 nitrogen and oxygen atoms in total. The number of carbonyl (C=O) groups is 5. The lowest BCUT2D eigenvalue weighted by molar-refractivity contribution is -0.142. The topological polar surface area (TPSA) is 162 Å². The van der Waals surface area contributed by atoms with Crippen LogP contribution in [0.5, 0.6) is 5.75 Å². The fourth-order valence-electron chi connectivity index (χ4n) is 6.14. The zero-order valence-corrected chi connectivity index (χ0v) is 30.5. The molecule has 3 atom stereocenters. The third-order valence-electron chi connectivity index (χ3n) is 8.66. The zero-order chi connectivity index (χ0) is 36.3. The monoisotopic (exact) mass is 730 g/mol. The second-order valence-corrected chi connectivity index (χ2v) is 14.5. The molecule has 14 heteroatoms. The third kappa shape index (κ3) is 12.3. The quantitative estimate of drug-likeness (QED) is 0.134. The maximum Gasteiger partial charge on any atom is 0.408 e. The van der Waals surface area contributed by atoms with E-state index in [1.165, 1.54) is 18.4 Å². The Morgan fingerprint density at radius 2 is 1.75 bits per heavy atom. The number of alkyl carbamates (subject to hydrolysis) is 1. The van der Waals surface area contributed by atoms with Crippen molar-refractivity contribution in [3.05, 3.63) is 45.9 Å². The van der Waals surface area contributed by atoms with Gasteiger partial charge in [0.1, 0.15) is 40.7 Å². The number of likely N-dealkylation sites (tertiary alicyclic amines) is 1. The van der Waals surface area contributed by atoms with Gasteiger partial charge in [0, 0.05) is 17.5 Å². The summed E-state index contributed by atoms with van der Waals surface area (Å²) in [5.41, 5.74) is -0.0127. The number of hydrogen-bond donors (Lipinski definition) is 2. The number of ketones is 1. The van der Waals surface area contributed by atoms with Crippen LogP contribution < -0.4 is 15.4 Å². The number of amides is 3. The minimum atomic E-state index is -0.902. The first-order valence-corrected chi connectivity index (χ1v) is 18.2. The minimum absolute atomic E-state index is 0. The van der Waals surface area contributed by atoms with Gasteiger partial charge in [-0.3, -0.25) is 19.2 Å². The summed E-state index contributed by atoms with van der Waals surface area (Å²) < 4.78 is 21.0. The molecule has 2 fully saturated rings. The van der Waals surface area contributed by atoms with E-state index >= 15 is 0 Å². The summed E-state index contributed by atoms with van der Waals surface area (Å²) in [6.45, 7) is 8.06. The number of benzene rings is 1. The molecule has 0 bridgehead atoms. The predicted molar refractivity (Wildman–Crippen MR) is 193 cm³/mol. The highest BCUT2D eigenvalue weighted by Gasteiger charge is 2.40. The third-order valence-corrected chi connectivity index (χ3v) is 9.60. The molecule has 3 amide bonds. The molecule has 2 N–H and O–H groups in total. The Balaban J connectivity index is 0.00000702. The van der Waals surface area contributed by atoms with Crippen molar-refractivity contribution in [3.63, 3.8) is 0 Å². The van der Waals surface area contributed by atoms with E-state index in [4.69, 9.17) is 19.2 Å². The van der Waals surface area contributed by atoms with Crippen LogP contribution in [0.3, 0.4) is 0 Å². The average molecular weight is 731 g/mol. The number of nitrogens with zero attached hydrogens (tertiary/aromatic N) is 2. The standard InChI is InChI=1S/C36H50N4O9S.CH4/c1-23(37-35(45)49-36(2,3)4)32(43)39-30(24-11-7-6-8-12-24)34(44)40-17-10-15-28(40)33-38-27(22-50-33)31(42)25-13-9-14-26(21-25)48-20-19-47-18-16-29(41)46-5;/h9,13-14,21-24,28,30H,6-8,10-12,15-20H2,1-5H3,(H,37,45)(H,39,43);1H4/t23-,28-,30-;/m0./s1. The van der Waals surface area contributed by atoms with E-state index in [1.807, 2.05) is 0 Å². The van der Waals surface area contributed by atoms with Gasteiger partial charge in [-0.2, -0.15) is 0 Å². The fourth-order valence-corrected chi connectivity index (χ4v) is 7.09. The van der Waals surface area contributed by atoms with Gasteiger partial charge in [-0.1, -0.05) is 38.8 Å². The van der Waals surface area contributed by atoms with Crippen LogP contribution >= 0.6 is 11.3 Å². The summed E-state index contributed by atoms with van der Waals surface area (Å²) in [5, 5.41) is 7.93. The predicted octanol–water partition coefficient (Wildman–Crippen LogP) is 5.61. The van der Waals surface area contributed by atoms with Crippen LogP contribution in [0.25, 0.3) is 0 Å². The van der Waals surface area contributed by atoms with Crippen LogP contribution in [0.4, 0.5) is 4.79 Å². The van der Waals surface area contributed by atoms with Crippen molar-refractivity contribution in [3.8, 4) is 5.75 Å². The molecule has 2 aromatic rings. The Hall–Kier alpha value is -4.04. The second-order valence-electron chi connectivity index (χ2n) is 13.7. The highest BCUT2D eigenvalue weighted by molar-refractivity contribution is 7.10. The Kier molecular flexibility index (Phi) is 15.9. The molecule has 2 heterocycles. The van der Waals surface area contributed by atoms with E-state index < -0.39 is 29.7 Å². The molecule has 1 aliphatic heterocycles. The van der Waals surface area contributed by atoms with Crippen molar-refractivity contribution >= 4 is 41.0 Å². The minimum Gasteiger partial charge on any atom is -0.491 e. The van der Waals surface area contributed by atoms with Gasteiger partial charge in [-0.15, -0.1) is 11.3 Å². The van der Waals surface area contributed by atoms with Gasteiger partial charge in [0.2, 0.25) is 17.6 Å². The molecule has 1 saturated heterocycles. The van der Waals surface area contributed by atoms with Crippen LogP contribution in [-0.4, -0.2) is 90.7 Å². The summed E-state index contributed by atoms with van der Waals surface area (Å²) in [7, 11) is 1.33. The zero-order valence-electron chi connectivity index (χ0n) is 29.7. The van der Waals surface area contributed by atoms with Crippen molar-refractivity contribution in [1.29, 1.82) is 0 Å². The number of thiazole rings is 1. The number of methoxy groups -OCH3 is 1. The number of hydrogen-bond acceptors (Lipinski definition) is 11. The van der Waals surface area contributed by atoms with Gasteiger partial charge in [0.25, 0.3) is 0 Å². The molecule has 51 heavy (non-hydrogen) atoms. The van der Waals surface area contributed by atoms with E-state index in [1.54, 1.807) is 62.2 Å². The van der Waals surface area contributed by atoms with Gasteiger partial charge in [0.15, 0.2) is 0 Å². The lowest BCUT2D eigenvalue weighted by Crippen LogP contribution is -2.56. The first-order chi connectivity index (χ1) is 23.9. The van der Waals surface area contributed by atoms with E-state index in [9.17, 15) is 24.0 Å². The van der Waals surface area contributed by atoms with Gasteiger partial charge in [-0.25, -0.2) is 9.78 Å². The summed E-state index contributed by atoms with van der Waals surface area (Å²) in [4.78, 5) is 71.0. The van der Waals surface area contributed by atoms with Crippen molar-refractivity contribution in [2.24, 2.45) is 5.92 Å². The smallest absolute Gasteiger partial charge is 0.408 e. The van der Waals surface area contributed by atoms with Crippen LogP contribution in [0, 0.1) is 5.92 Å². The number of rotatable bonds is 15. The summed E-state index contributed by atoms with van der Waals surface area (Å²) in [6, 6.07) is 4.86. The number of nitrogens with one attached hydrogen (secondary N) is 2. The summed E-state index contributed by atoms with van der Waals surface area (Å²) >= 11 is 1.34. The number of esters is 1. The lowest BCUT2D eigenvalue weighted by Gasteiger charge is -2.35. The highest BCUT2D eigenvalue weighted by Crippen LogP contribution is 2.36. The summed E-state index contributed by atoms with van der Waals surface area (Å²) in [5.74, 6) is -0.745. The van der Waals surface area contributed by atoms with Crippen LogP contribution in [-0.2, 0) is 28.6 Å². The fraction of sp³-hybridized carbons (Fsp3) is 0.622. The summed E-state index contributed by atoms with van der Waals surface area (Å²) in [6.07, 6.45) is 5.62. The molecule has 1 aromatic heterocycles. The molecule has 0 spiro atoms. The van der Waals surface area contributed by atoms with Crippen molar-refractivity contribution in [2.75, 3.05) is 33.5 Å². The molecule has 1 saturated carbocycles. The van der Waals surface area contributed by atoms with E-state index in [-0.39, 0.29) is 69.0 Å². The number of ether oxygens (including phenoxy) is 4. The maximum absolute atomic E-state index is 14.3. The van der Waals surface area contributed by atoms with Gasteiger partial charge < -0.3 is 34.5 Å². The van der Waals surface area contributed by atoms with Gasteiger partial charge in [0.05, 0.1) is 32.8 Å². The molecule has 1 aliphatic carbocycles. The average Bonchev–Trinajstić information content (AvgIpc) is 3.78. The lowest BCUT2D eigenvalue weighted by atomic mass is 9.83. The van der Waals surface area contributed by atoms with E-state index in [2.05, 4.69) is 15.4 Å². The van der Waals surface area contributed by atoms with Crippen molar-refractivity contribution in [2.45, 2.75) is 110 Å². The number of aromatic nitrogens is 1. The molecular weight excluding hydrogens is 676 g/mol. The molecule has 4 rings (SSSR count). The molecule has 282 valence electrons. The van der Waals surface area contributed by atoms with Gasteiger partial charge >= 0.3 is 12.1 Å². The maximum atomic E-state index is 14.3. The first kappa shape index (κ1) is 41.4. The van der Waals surface area contributed by atoms with Crippen molar-refractivity contribution in [1.82, 2.24) is 20.5 Å². The van der Waals surface area contributed by atoms with Gasteiger partial charge in [-0.05, 0) is 71.4 Å². The molecule has 0 unspecified atom stereocenters. The van der Waals surface area contributed by atoms with Crippen LogP contribution in [0.15, 0.2) is 29.6 Å². The molecular formula is C37H54N4O9S. The van der Waals surface area contributed by atoms with E-state index in [0.717, 1.165) is 38.5 Å². The Labute approximate surface area is 305 Å². The molecule has 0 radical (unpaired) electrons. The first-order valence-electron chi connectivity index (χ1n) is 17.3.